The number of methoxy groups -OCH3 is 3. The molecule has 1 N–H and O–H groups in total. The van der Waals surface area contributed by atoms with Crippen LogP contribution in [0.25, 0.3) is 22.3 Å². The Labute approximate surface area is 250 Å². The van der Waals surface area contributed by atoms with E-state index in [0.29, 0.717) is 48.0 Å². The molecule has 1 atom stereocenters. The van der Waals surface area contributed by atoms with Gasteiger partial charge in [-0.1, -0.05) is 18.2 Å². The lowest BCUT2D eigenvalue weighted by molar-refractivity contribution is -0.158. The number of carbonyl (C=O) groups is 2. The number of allylic oxidation sites excluding steroid dienone is 1. The van der Waals surface area contributed by atoms with Crippen molar-refractivity contribution in [3.8, 4) is 22.8 Å². The number of anilines is 1. The summed E-state index contributed by atoms with van der Waals surface area (Å²) in [6.07, 6.45) is 6.87. The van der Waals surface area contributed by atoms with Crippen LogP contribution in [0.3, 0.4) is 0 Å². The average Bonchev–Trinajstić information content (AvgIpc) is 3.65. The second-order valence-electron chi connectivity index (χ2n) is 11.2. The number of imidazole rings is 1. The van der Waals surface area contributed by atoms with Crippen LogP contribution in [0.1, 0.15) is 55.4 Å². The van der Waals surface area contributed by atoms with Crippen molar-refractivity contribution in [3.63, 3.8) is 0 Å². The van der Waals surface area contributed by atoms with Crippen LogP contribution < -0.4 is 14.8 Å². The fraction of sp³-hybridized carbons (Fsp3) is 0.333. The standard InChI is InChI=1S/C33H36N4O6/c1-33(2,3)43-32(39)23-12-11-22(17-23)30-36-27(20-7-9-21(10-8-20)31(38)42-6)28-29(34-15-16-37(28)30)35-19-24-13-14-25(40-4)18-26(24)41-5/h7-10,13-18,23H,11-12,19H2,1-6H3,(H,34,35). The molecule has 0 radical (unpaired) electrons. The van der Waals surface area contributed by atoms with Gasteiger partial charge in [-0.25, -0.2) is 14.8 Å². The van der Waals surface area contributed by atoms with Gasteiger partial charge in [-0.3, -0.25) is 9.20 Å². The number of hydrogen-bond donors (Lipinski definition) is 1. The number of nitrogens with one attached hydrogen (secondary N) is 1. The molecule has 0 bridgehead atoms. The molecule has 2 aromatic heterocycles. The van der Waals surface area contributed by atoms with Crippen LogP contribution in [0.4, 0.5) is 5.82 Å². The van der Waals surface area contributed by atoms with Crippen molar-refractivity contribution in [2.24, 2.45) is 5.92 Å². The normalized spacial score (nSPS) is 14.7. The van der Waals surface area contributed by atoms with Gasteiger partial charge in [0.05, 0.1) is 32.8 Å². The fourth-order valence-corrected chi connectivity index (χ4v) is 5.13. The summed E-state index contributed by atoms with van der Waals surface area (Å²) in [5, 5.41) is 3.46. The van der Waals surface area contributed by atoms with Crippen molar-refractivity contribution < 1.29 is 28.5 Å². The topological polar surface area (TPSA) is 113 Å². The highest BCUT2D eigenvalue weighted by atomic mass is 16.6. The summed E-state index contributed by atoms with van der Waals surface area (Å²) in [4.78, 5) is 34.7. The summed E-state index contributed by atoms with van der Waals surface area (Å²) in [5.74, 6) is 1.74. The Bertz CT molecular complexity index is 1680. The first-order valence-corrected chi connectivity index (χ1v) is 14.1. The van der Waals surface area contributed by atoms with Gasteiger partial charge in [0.2, 0.25) is 0 Å². The average molecular weight is 585 g/mol. The lowest BCUT2D eigenvalue weighted by Gasteiger charge is -2.21. The van der Waals surface area contributed by atoms with Crippen LogP contribution in [0.5, 0.6) is 11.5 Å². The highest BCUT2D eigenvalue weighted by Crippen LogP contribution is 2.37. The van der Waals surface area contributed by atoms with Crippen molar-refractivity contribution in [2.75, 3.05) is 26.6 Å². The lowest BCUT2D eigenvalue weighted by atomic mass is 10.1. The maximum atomic E-state index is 12.8. The third-order valence-electron chi connectivity index (χ3n) is 7.20. The molecule has 0 aliphatic heterocycles. The molecule has 1 aliphatic carbocycles. The minimum absolute atomic E-state index is 0.237. The number of hydrogen-bond acceptors (Lipinski definition) is 9. The molecular formula is C33H36N4O6. The molecule has 2 heterocycles. The number of rotatable bonds is 9. The molecule has 0 saturated carbocycles. The largest absolute Gasteiger partial charge is 0.497 e. The molecule has 0 amide bonds. The van der Waals surface area contributed by atoms with Crippen molar-refractivity contribution in [1.82, 2.24) is 14.4 Å². The van der Waals surface area contributed by atoms with E-state index >= 15 is 0 Å². The monoisotopic (exact) mass is 584 g/mol. The number of aromatic nitrogens is 3. The lowest BCUT2D eigenvalue weighted by Crippen LogP contribution is -2.27. The number of nitrogens with zero attached hydrogens (tertiary/aromatic N) is 3. The molecule has 10 heteroatoms. The first kappa shape index (κ1) is 29.6. The second-order valence-corrected chi connectivity index (χ2v) is 11.2. The Morgan fingerprint density at radius 3 is 2.49 bits per heavy atom. The number of benzene rings is 2. The van der Waals surface area contributed by atoms with Crippen LogP contribution >= 0.6 is 0 Å². The van der Waals surface area contributed by atoms with E-state index < -0.39 is 11.6 Å². The van der Waals surface area contributed by atoms with Gasteiger partial charge >= 0.3 is 11.9 Å². The maximum absolute atomic E-state index is 12.8. The predicted molar refractivity (Wildman–Crippen MR) is 163 cm³/mol. The van der Waals surface area contributed by atoms with Crippen LogP contribution in [-0.4, -0.2) is 53.2 Å². The van der Waals surface area contributed by atoms with Crippen LogP contribution in [0.2, 0.25) is 0 Å². The zero-order chi connectivity index (χ0) is 30.7. The smallest absolute Gasteiger partial charge is 0.337 e. The molecule has 43 heavy (non-hydrogen) atoms. The molecule has 0 spiro atoms. The highest BCUT2D eigenvalue weighted by molar-refractivity contribution is 5.92. The van der Waals surface area contributed by atoms with Crippen LogP contribution in [0.15, 0.2) is 60.9 Å². The number of ether oxygens (including phenoxy) is 4. The number of carbonyl (C=O) groups excluding carboxylic acids is 2. The van der Waals surface area contributed by atoms with Crippen molar-refractivity contribution >= 4 is 28.8 Å². The third-order valence-corrected chi connectivity index (χ3v) is 7.20. The van der Waals surface area contributed by atoms with E-state index in [1.165, 1.54) is 7.11 Å². The second kappa shape index (κ2) is 12.2. The van der Waals surface area contributed by atoms with Gasteiger partial charge in [0.15, 0.2) is 5.82 Å². The first-order chi connectivity index (χ1) is 20.6. The van der Waals surface area contributed by atoms with E-state index in [4.69, 9.17) is 23.9 Å². The minimum atomic E-state index is -0.560. The molecule has 10 nitrogen and oxygen atoms in total. The zero-order valence-electron chi connectivity index (χ0n) is 25.3. The minimum Gasteiger partial charge on any atom is -0.497 e. The molecule has 1 aliphatic rings. The summed E-state index contributed by atoms with van der Waals surface area (Å²) in [6, 6.07) is 12.8. The highest BCUT2D eigenvalue weighted by Gasteiger charge is 2.30. The fourth-order valence-electron chi connectivity index (χ4n) is 5.13. The van der Waals surface area contributed by atoms with E-state index in [1.54, 1.807) is 32.5 Å². The molecule has 0 saturated heterocycles. The molecule has 1 unspecified atom stereocenters. The van der Waals surface area contributed by atoms with Gasteiger partial charge in [0.1, 0.15) is 34.1 Å². The Balaban J connectivity index is 1.57. The SMILES string of the molecule is COC(=O)c1ccc(-c2nc(C3=CC(C(=O)OC(C)(C)C)CC3)n3ccnc(NCc4ccc(OC)cc4OC)c23)cc1. The van der Waals surface area contributed by atoms with Gasteiger partial charge in [-0.05, 0) is 63.5 Å². The molecule has 2 aromatic carbocycles. The maximum Gasteiger partial charge on any atom is 0.337 e. The van der Waals surface area contributed by atoms with E-state index in [2.05, 4.69) is 10.3 Å². The molecule has 224 valence electrons. The third kappa shape index (κ3) is 6.33. The van der Waals surface area contributed by atoms with E-state index in [9.17, 15) is 9.59 Å². The van der Waals surface area contributed by atoms with Gasteiger partial charge < -0.3 is 24.3 Å². The zero-order valence-corrected chi connectivity index (χ0v) is 25.3. The van der Waals surface area contributed by atoms with Gasteiger partial charge in [-0.2, -0.15) is 0 Å². The molecule has 0 fully saturated rings. The van der Waals surface area contributed by atoms with Crippen molar-refractivity contribution in [1.29, 1.82) is 0 Å². The van der Waals surface area contributed by atoms with Crippen LogP contribution in [-0.2, 0) is 20.8 Å². The quantitative estimate of drug-likeness (QED) is 0.239. The first-order valence-electron chi connectivity index (χ1n) is 14.1. The van der Waals surface area contributed by atoms with E-state index in [1.807, 2.05) is 67.8 Å². The Morgan fingerprint density at radius 1 is 1.05 bits per heavy atom. The summed E-state index contributed by atoms with van der Waals surface area (Å²) < 4.78 is 23.4. The summed E-state index contributed by atoms with van der Waals surface area (Å²) in [6.45, 7) is 6.04. The number of esters is 2. The Hall–Kier alpha value is -4.86. The molecular weight excluding hydrogens is 548 g/mol. The van der Waals surface area contributed by atoms with E-state index in [-0.39, 0.29) is 11.9 Å². The summed E-state index contributed by atoms with van der Waals surface area (Å²) in [5.41, 5.74) is 4.01. The number of fused-ring (bicyclic) bond motifs is 1. The molecule has 4 aromatic rings. The summed E-state index contributed by atoms with van der Waals surface area (Å²) in [7, 11) is 4.59. The van der Waals surface area contributed by atoms with Gasteiger partial charge in [0.25, 0.3) is 0 Å². The van der Waals surface area contributed by atoms with E-state index in [0.717, 1.165) is 28.0 Å². The van der Waals surface area contributed by atoms with Gasteiger partial charge in [-0.15, -0.1) is 0 Å². The van der Waals surface area contributed by atoms with Gasteiger partial charge in [0, 0.05) is 36.1 Å². The van der Waals surface area contributed by atoms with Crippen LogP contribution in [0, 0.1) is 5.92 Å². The Morgan fingerprint density at radius 2 is 1.81 bits per heavy atom. The Kier molecular flexibility index (Phi) is 8.38. The summed E-state index contributed by atoms with van der Waals surface area (Å²) >= 11 is 0. The van der Waals surface area contributed by atoms with Crippen molar-refractivity contribution in [2.45, 2.75) is 45.8 Å². The van der Waals surface area contributed by atoms with Crippen molar-refractivity contribution in [3.05, 3.63) is 77.9 Å². The predicted octanol–water partition coefficient (Wildman–Crippen LogP) is 5.95. The molecule has 5 rings (SSSR count).